The number of hydrogen-bond donors (Lipinski definition) is 1. The predicted octanol–water partition coefficient (Wildman–Crippen LogP) is 2.79. The highest BCUT2D eigenvalue weighted by molar-refractivity contribution is 6.30. The SMILES string of the molecule is COc1ccc(Cl)cc1-n1c(C)cc(C(=O)OC(C)C(N)=O)c1C. The topological polar surface area (TPSA) is 83.6 Å². The zero-order chi connectivity index (χ0) is 18.0. The molecule has 0 saturated heterocycles. The Morgan fingerprint density at radius 1 is 1.25 bits per heavy atom. The van der Waals surface area contributed by atoms with Crippen LogP contribution in [0, 0.1) is 13.8 Å². The molecule has 0 aliphatic carbocycles. The molecule has 24 heavy (non-hydrogen) atoms. The first kappa shape index (κ1) is 17.9. The number of rotatable bonds is 5. The Morgan fingerprint density at radius 2 is 1.92 bits per heavy atom. The Morgan fingerprint density at radius 3 is 2.50 bits per heavy atom. The van der Waals surface area contributed by atoms with Gasteiger partial charge in [0.1, 0.15) is 5.75 Å². The summed E-state index contributed by atoms with van der Waals surface area (Å²) in [4.78, 5) is 23.4. The van der Waals surface area contributed by atoms with Gasteiger partial charge in [-0.25, -0.2) is 4.79 Å². The average Bonchev–Trinajstić information content (AvgIpc) is 2.81. The maximum absolute atomic E-state index is 12.3. The Bertz CT molecular complexity index is 798. The van der Waals surface area contributed by atoms with Crippen molar-refractivity contribution in [3.05, 3.63) is 46.2 Å². The molecule has 0 spiro atoms. The Balaban J connectivity index is 2.49. The van der Waals surface area contributed by atoms with E-state index in [1.54, 1.807) is 38.3 Å². The van der Waals surface area contributed by atoms with Crippen LogP contribution in [0.25, 0.3) is 5.69 Å². The van der Waals surface area contributed by atoms with Crippen LogP contribution in [-0.2, 0) is 9.53 Å². The number of methoxy groups -OCH3 is 1. The Hall–Kier alpha value is -2.47. The first-order valence-electron chi connectivity index (χ1n) is 7.29. The third-order valence-electron chi connectivity index (χ3n) is 3.72. The van der Waals surface area contributed by atoms with E-state index in [-0.39, 0.29) is 0 Å². The van der Waals surface area contributed by atoms with Crippen LogP contribution in [0.15, 0.2) is 24.3 Å². The van der Waals surface area contributed by atoms with E-state index in [2.05, 4.69) is 0 Å². The van der Waals surface area contributed by atoms with E-state index in [0.717, 1.165) is 5.69 Å². The third kappa shape index (κ3) is 3.38. The number of nitrogens with zero attached hydrogens (tertiary/aromatic N) is 1. The molecule has 2 rings (SSSR count). The molecule has 0 fully saturated rings. The Labute approximate surface area is 145 Å². The van der Waals surface area contributed by atoms with E-state index in [0.29, 0.717) is 27.7 Å². The van der Waals surface area contributed by atoms with Crippen LogP contribution < -0.4 is 10.5 Å². The van der Waals surface area contributed by atoms with Crippen LogP contribution in [0.5, 0.6) is 5.75 Å². The fourth-order valence-electron chi connectivity index (χ4n) is 2.46. The fraction of sp³-hybridized carbons (Fsp3) is 0.294. The quantitative estimate of drug-likeness (QED) is 0.840. The van der Waals surface area contributed by atoms with Gasteiger partial charge in [-0.2, -0.15) is 0 Å². The summed E-state index contributed by atoms with van der Waals surface area (Å²) in [5, 5.41) is 0.546. The summed E-state index contributed by atoms with van der Waals surface area (Å²) in [6.07, 6.45) is -0.999. The monoisotopic (exact) mass is 350 g/mol. The second-order valence-corrected chi connectivity index (χ2v) is 5.82. The Kier molecular flexibility index (Phi) is 5.19. The highest BCUT2D eigenvalue weighted by Crippen LogP contribution is 2.30. The summed E-state index contributed by atoms with van der Waals surface area (Å²) in [7, 11) is 1.56. The molecule has 7 heteroatoms. The molecule has 1 amide bonds. The van der Waals surface area contributed by atoms with Gasteiger partial charge in [-0.05, 0) is 45.0 Å². The molecule has 0 aliphatic rings. The van der Waals surface area contributed by atoms with Crippen molar-refractivity contribution in [2.45, 2.75) is 26.9 Å². The van der Waals surface area contributed by atoms with Gasteiger partial charge in [0.05, 0.1) is 18.4 Å². The van der Waals surface area contributed by atoms with Gasteiger partial charge in [-0.3, -0.25) is 4.79 Å². The van der Waals surface area contributed by atoms with Crippen molar-refractivity contribution in [2.24, 2.45) is 5.73 Å². The largest absolute Gasteiger partial charge is 0.495 e. The second kappa shape index (κ2) is 6.97. The number of nitrogens with two attached hydrogens (primary N) is 1. The molecule has 0 saturated carbocycles. The van der Waals surface area contributed by atoms with Gasteiger partial charge < -0.3 is 19.8 Å². The minimum absolute atomic E-state index is 0.350. The summed E-state index contributed by atoms with van der Waals surface area (Å²) in [6.45, 7) is 5.06. The second-order valence-electron chi connectivity index (χ2n) is 5.39. The molecule has 0 radical (unpaired) electrons. The molecule has 1 aromatic heterocycles. The maximum atomic E-state index is 12.3. The van der Waals surface area contributed by atoms with Crippen molar-refractivity contribution < 1.29 is 19.1 Å². The first-order chi connectivity index (χ1) is 11.3. The van der Waals surface area contributed by atoms with Crippen molar-refractivity contribution in [2.75, 3.05) is 7.11 Å². The number of carbonyl (C=O) groups excluding carboxylic acids is 2. The lowest BCUT2D eigenvalue weighted by atomic mass is 10.2. The molecule has 1 aromatic carbocycles. The zero-order valence-electron chi connectivity index (χ0n) is 13.9. The first-order valence-corrected chi connectivity index (χ1v) is 7.67. The van der Waals surface area contributed by atoms with Crippen molar-refractivity contribution in [1.82, 2.24) is 4.57 Å². The van der Waals surface area contributed by atoms with Gasteiger partial charge in [0.25, 0.3) is 5.91 Å². The van der Waals surface area contributed by atoms with E-state index in [1.807, 2.05) is 11.5 Å². The van der Waals surface area contributed by atoms with Gasteiger partial charge in [0, 0.05) is 16.4 Å². The van der Waals surface area contributed by atoms with Gasteiger partial charge in [-0.1, -0.05) is 11.6 Å². The number of amides is 1. The minimum atomic E-state index is -0.999. The van der Waals surface area contributed by atoms with E-state index >= 15 is 0 Å². The van der Waals surface area contributed by atoms with Gasteiger partial charge in [-0.15, -0.1) is 0 Å². The van der Waals surface area contributed by atoms with Crippen molar-refractivity contribution in [1.29, 1.82) is 0 Å². The normalized spacial score (nSPS) is 11.9. The minimum Gasteiger partial charge on any atom is -0.495 e. The molecule has 1 heterocycles. The van der Waals surface area contributed by atoms with Crippen molar-refractivity contribution >= 4 is 23.5 Å². The van der Waals surface area contributed by atoms with Crippen LogP contribution in [0.1, 0.15) is 28.7 Å². The molecular weight excluding hydrogens is 332 g/mol. The number of aryl methyl sites for hydroxylation is 1. The van der Waals surface area contributed by atoms with Crippen LogP contribution in [0.3, 0.4) is 0 Å². The zero-order valence-corrected chi connectivity index (χ0v) is 14.7. The third-order valence-corrected chi connectivity index (χ3v) is 3.95. The van der Waals surface area contributed by atoms with E-state index in [1.165, 1.54) is 6.92 Å². The lowest BCUT2D eigenvalue weighted by molar-refractivity contribution is -0.125. The number of benzene rings is 1. The molecule has 128 valence electrons. The summed E-state index contributed by atoms with van der Waals surface area (Å²) >= 11 is 6.09. The number of carbonyl (C=O) groups is 2. The van der Waals surface area contributed by atoms with Gasteiger partial charge in [0.15, 0.2) is 6.10 Å². The van der Waals surface area contributed by atoms with Crippen LogP contribution in [-0.4, -0.2) is 29.7 Å². The van der Waals surface area contributed by atoms with E-state index < -0.39 is 18.0 Å². The molecule has 2 N–H and O–H groups in total. The molecule has 1 unspecified atom stereocenters. The molecule has 2 aromatic rings. The fourth-order valence-corrected chi connectivity index (χ4v) is 2.63. The maximum Gasteiger partial charge on any atom is 0.340 e. The summed E-state index contributed by atoms with van der Waals surface area (Å²) in [5.74, 6) is -0.693. The number of esters is 1. The molecule has 0 aliphatic heterocycles. The van der Waals surface area contributed by atoms with Crippen LogP contribution >= 0.6 is 11.6 Å². The lowest BCUT2D eigenvalue weighted by Crippen LogP contribution is -2.30. The van der Waals surface area contributed by atoms with E-state index in [4.69, 9.17) is 26.8 Å². The smallest absolute Gasteiger partial charge is 0.340 e. The molecule has 1 atom stereocenters. The van der Waals surface area contributed by atoms with Crippen molar-refractivity contribution in [3.63, 3.8) is 0 Å². The van der Waals surface area contributed by atoms with Crippen molar-refractivity contribution in [3.8, 4) is 11.4 Å². The average molecular weight is 351 g/mol. The summed E-state index contributed by atoms with van der Waals surface area (Å²) < 4.78 is 12.3. The molecule has 0 bridgehead atoms. The lowest BCUT2D eigenvalue weighted by Gasteiger charge is -2.15. The highest BCUT2D eigenvalue weighted by atomic mass is 35.5. The van der Waals surface area contributed by atoms with E-state index in [9.17, 15) is 9.59 Å². The number of hydrogen-bond acceptors (Lipinski definition) is 4. The summed E-state index contributed by atoms with van der Waals surface area (Å²) in [5.41, 5.74) is 7.63. The molecule has 6 nitrogen and oxygen atoms in total. The highest BCUT2D eigenvalue weighted by Gasteiger charge is 2.22. The predicted molar refractivity (Wildman–Crippen MR) is 90.9 cm³/mol. The van der Waals surface area contributed by atoms with Gasteiger partial charge in [0.2, 0.25) is 0 Å². The molecular formula is C17H19ClN2O4. The standard InChI is InChI=1S/C17H19ClN2O4/c1-9-7-13(17(22)24-11(3)16(19)21)10(2)20(9)14-8-12(18)5-6-15(14)23-4/h5-8,11H,1-4H3,(H2,19,21). The summed E-state index contributed by atoms with van der Waals surface area (Å²) in [6, 6.07) is 6.92. The van der Waals surface area contributed by atoms with Gasteiger partial charge >= 0.3 is 5.97 Å². The number of aromatic nitrogens is 1. The van der Waals surface area contributed by atoms with Crippen LogP contribution in [0.4, 0.5) is 0 Å². The number of primary amides is 1. The number of ether oxygens (including phenoxy) is 2. The van der Waals surface area contributed by atoms with Crippen LogP contribution in [0.2, 0.25) is 5.02 Å². The number of halogens is 1.